The SMILES string of the molecule is CCOc1cccc(C(Cl)C(C)=O)c1F. The lowest BCUT2D eigenvalue weighted by Crippen LogP contribution is -2.05. The van der Waals surface area contributed by atoms with Gasteiger partial charge in [0.15, 0.2) is 17.3 Å². The molecule has 1 rings (SSSR count). The van der Waals surface area contributed by atoms with E-state index in [2.05, 4.69) is 0 Å². The van der Waals surface area contributed by atoms with Crippen molar-refractivity contribution in [1.82, 2.24) is 0 Å². The highest BCUT2D eigenvalue weighted by molar-refractivity contribution is 6.30. The zero-order valence-corrected chi connectivity index (χ0v) is 9.34. The third-order valence-corrected chi connectivity index (χ3v) is 2.47. The minimum Gasteiger partial charge on any atom is -0.491 e. The van der Waals surface area contributed by atoms with Crippen LogP contribution in [0, 0.1) is 5.82 Å². The molecule has 0 N–H and O–H groups in total. The lowest BCUT2D eigenvalue weighted by Gasteiger charge is -2.10. The largest absolute Gasteiger partial charge is 0.491 e. The molecule has 0 amide bonds. The molecule has 0 aliphatic heterocycles. The maximum atomic E-state index is 13.7. The Morgan fingerprint density at radius 3 is 2.80 bits per heavy atom. The van der Waals surface area contributed by atoms with E-state index in [0.29, 0.717) is 6.61 Å². The Morgan fingerprint density at radius 2 is 2.27 bits per heavy atom. The second-order valence-corrected chi connectivity index (χ2v) is 3.50. The Bertz CT molecular complexity index is 366. The van der Waals surface area contributed by atoms with Crippen molar-refractivity contribution < 1.29 is 13.9 Å². The number of halogens is 2. The molecule has 0 heterocycles. The van der Waals surface area contributed by atoms with Gasteiger partial charge in [-0.05, 0) is 19.9 Å². The normalized spacial score (nSPS) is 12.3. The summed E-state index contributed by atoms with van der Waals surface area (Å²) in [6, 6.07) is 4.60. The third kappa shape index (κ3) is 2.69. The lowest BCUT2D eigenvalue weighted by atomic mass is 10.1. The molecule has 0 aliphatic carbocycles. The average Bonchev–Trinajstić information content (AvgIpc) is 2.20. The summed E-state index contributed by atoms with van der Waals surface area (Å²) in [6.07, 6.45) is 0. The number of hydrogen-bond donors (Lipinski definition) is 0. The van der Waals surface area contributed by atoms with Crippen LogP contribution in [0.2, 0.25) is 0 Å². The molecule has 1 unspecified atom stereocenters. The van der Waals surface area contributed by atoms with Crippen molar-refractivity contribution in [2.24, 2.45) is 0 Å². The Labute approximate surface area is 93.0 Å². The first-order chi connectivity index (χ1) is 7.07. The molecule has 0 aromatic heterocycles. The fourth-order valence-electron chi connectivity index (χ4n) is 1.21. The first kappa shape index (κ1) is 12.0. The molecule has 0 fully saturated rings. The predicted octanol–water partition coefficient (Wildman–Crippen LogP) is 3.09. The van der Waals surface area contributed by atoms with Gasteiger partial charge >= 0.3 is 0 Å². The Kier molecular flexibility index (Phi) is 4.09. The molecule has 1 aromatic rings. The monoisotopic (exact) mass is 230 g/mol. The number of ketones is 1. The van der Waals surface area contributed by atoms with Crippen LogP contribution in [0.5, 0.6) is 5.75 Å². The molecule has 82 valence electrons. The zero-order chi connectivity index (χ0) is 11.4. The van der Waals surface area contributed by atoms with E-state index in [4.69, 9.17) is 16.3 Å². The summed E-state index contributed by atoms with van der Waals surface area (Å²) in [5.74, 6) is -0.722. The second kappa shape index (κ2) is 5.12. The first-order valence-electron chi connectivity index (χ1n) is 4.63. The van der Waals surface area contributed by atoms with Crippen LogP contribution in [-0.2, 0) is 4.79 Å². The summed E-state index contributed by atoms with van der Waals surface area (Å²) in [6.45, 7) is 3.45. The summed E-state index contributed by atoms with van der Waals surface area (Å²) < 4.78 is 18.8. The molecule has 0 bridgehead atoms. The van der Waals surface area contributed by atoms with E-state index in [-0.39, 0.29) is 17.1 Å². The standard InChI is InChI=1S/C11H12ClFO2/c1-3-15-9-6-4-5-8(11(9)13)10(12)7(2)14/h4-6,10H,3H2,1-2H3. The zero-order valence-electron chi connectivity index (χ0n) is 8.59. The molecule has 0 saturated heterocycles. The minimum absolute atomic E-state index is 0.127. The van der Waals surface area contributed by atoms with Gasteiger partial charge in [-0.3, -0.25) is 4.79 Å². The van der Waals surface area contributed by atoms with Crippen LogP contribution in [-0.4, -0.2) is 12.4 Å². The topological polar surface area (TPSA) is 26.3 Å². The van der Waals surface area contributed by atoms with Crippen LogP contribution < -0.4 is 4.74 Å². The van der Waals surface area contributed by atoms with Crippen molar-refractivity contribution >= 4 is 17.4 Å². The molecule has 2 nitrogen and oxygen atoms in total. The van der Waals surface area contributed by atoms with Crippen LogP contribution in [0.15, 0.2) is 18.2 Å². The summed E-state index contributed by atoms with van der Waals surface area (Å²) >= 11 is 5.77. The van der Waals surface area contributed by atoms with Crippen LogP contribution in [0.4, 0.5) is 4.39 Å². The number of carbonyl (C=O) groups is 1. The van der Waals surface area contributed by atoms with Gasteiger partial charge in [0.2, 0.25) is 0 Å². The quantitative estimate of drug-likeness (QED) is 0.743. The predicted molar refractivity (Wildman–Crippen MR) is 56.8 cm³/mol. The summed E-state index contributed by atoms with van der Waals surface area (Å²) in [4.78, 5) is 11.0. The van der Waals surface area contributed by atoms with Gasteiger partial charge in [-0.1, -0.05) is 12.1 Å². The Morgan fingerprint density at radius 1 is 1.60 bits per heavy atom. The molecule has 1 atom stereocenters. The van der Waals surface area contributed by atoms with Crippen LogP contribution in [0.25, 0.3) is 0 Å². The number of ether oxygens (including phenoxy) is 1. The van der Waals surface area contributed by atoms with E-state index in [1.807, 2.05) is 0 Å². The molecule has 4 heteroatoms. The van der Waals surface area contributed by atoms with E-state index >= 15 is 0 Å². The van der Waals surface area contributed by atoms with Gasteiger partial charge in [-0.15, -0.1) is 11.6 Å². The van der Waals surface area contributed by atoms with Gasteiger partial charge in [0.1, 0.15) is 5.38 Å². The van der Waals surface area contributed by atoms with Crippen molar-refractivity contribution in [3.8, 4) is 5.75 Å². The fourth-order valence-corrected chi connectivity index (χ4v) is 1.38. The summed E-state index contributed by atoms with van der Waals surface area (Å²) in [5.41, 5.74) is 0.162. The molecule has 0 spiro atoms. The van der Waals surface area contributed by atoms with Crippen LogP contribution in [0.1, 0.15) is 24.8 Å². The fraction of sp³-hybridized carbons (Fsp3) is 0.364. The summed E-state index contributed by atoms with van der Waals surface area (Å²) in [5, 5.41) is -0.953. The molecule has 0 aliphatic rings. The third-order valence-electron chi connectivity index (χ3n) is 1.92. The van der Waals surface area contributed by atoms with Gasteiger partial charge in [0, 0.05) is 5.56 Å². The molecule has 15 heavy (non-hydrogen) atoms. The van der Waals surface area contributed by atoms with E-state index < -0.39 is 11.2 Å². The van der Waals surface area contributed by atoms with E-state index in [1.165, 1.54) is 19.1 Å². The second-order valence-electron chi connectivity index (χ2n) is 3.07. The Hall–Kier alpha value is -1.09. The van der Waals surface area contributed by atoms with Crippen molar-refractivity contribution in [2.45, 2.75) is 19.2 Å². The smallest absolute Gasteiger partial charge is 0.170 e. The minimum atomic E-state index is -0.953. The van der Waals surface area contributed by atoms with Crippen LogP contribution in [0.3, 0.4) is 0 Å². The number of benzene rings is 1. The highest BCUT2D eigenvalue weighted by atomic mass is 35.5. The molecular formula is C11H12ClFO2. The molecule has 1 aromatic carbocycles. The molecule has 0 saturated carbocycles. The van der Waals surface area contributed by atoms with Crippen molar-refractivity contribution in [3.05, 3.63) is 29.6 Å². The maximum Gasteiger partial charge on any atom is 0.170 e. The van der Waals surface area contributed by atoms with Crippen molar-refractivity contribution in [1.29, 1.82) is 0 Å². The van der Waals surface area contributed by atoms with Crippen molar-refractivity contribution in [2.75, 3.05) is 6.61 Å². The first-order valence-corrected chi connectivity index (χ1v) is 5.07. The van der Waals surface area contributed by atoms with Gasteiger partial charge in [0.25, 0.3) is 0 Å². The molecular weight excluding hydrogens is 219 g/mol. The number of hydrogen-bond acceptors (Lipinski definition) is 2. The van der Waals surface area contributed by atoms with Crippen LogP contribution >= 0.6 is 11.6 Å². The van der Waals surface area contributed by atoms with Crippen molar-refractivity contribution in [3.63, 3.8) is 0 Å². The number of rotatable bonds is 4. The highest BCUT2D eigenvalue weighted by Gasteiger charge is 2.19. The maximum absolute atomic E-state index is 13.7. The van der Waals surface area contributed by atoms with E-state index in [9.17, 15) is 9.18 Å². The van der Waals surface area contributed by atoms with Gasteiger partial charge in [-0.25, -0.2) is 4.39 Å². The highest BCUT2D eigenvalue weighted by Crippen LogP contribution is 2.29. The number of Topliss-reactive ketones (excluding diaryl/α,β-unsaturated/α-hetero) is 1. The Balaban J connectivity index is 3.08. The molecule has 0 radical (unpaired) electrons. The average molecular weight is 231 g/mol. The van der Waals surface area contributed by atoms with Gasteiger partial charge in [0.05, 0.1) is 6.61 Å². The van der Waals surface area contributed by atoms with E-state index in [0.717, 1.165) is 0 Å². The number of alkyl halides is 1. The van der Waals surface area contributed by atoms with E-state index in [1.54, 1.807) is 13.0 Å². The summed E-state index contributed by atoms with van der Waals surface area (Å²) in [7, 11) is 0. The number of carbonyl (C=O) groups excluding carboxylic acids is 1. The van der Waals surface area contributed by atoms with Gasteiger partial charge < -0.3 is 4.74 Å². The lowest BCUT2D eigenvalue weighted by molar-refractivity contribution is -0.116. The van der Waals surface area contributed by atoms with Gasteiger partial charge in [-0.2, -0.15) is 0 Å².